The first-order chi connectivity index (χ1) is 15.8. The highest BCUT2D eigenvalue weighted by atomic mass is 32.2. The van der Waals surface area contributed by atoms with Crippen molar-refractivity contribution in [3.8, 4) is 0 Å². The molecule has 0 aliphatic rings. The van der Waals surface area contributed by atoms with Crippen molar-refractivity contribution in [1.29, 1.82) is 0 Å². The Hall–Kier alpha value is -3.44. The lowest BCUT2D eigenvalue weighted by atomic mass is 10.1. The first-order valence-electron chi connectivity index (χ1n) is 10.3. The van der Waals surface area contributed by atoms with Gasteiger partial charge in [-0.3, -0.25) is 4.79 Å². The minimum absolute atomic E-state index is 0.113. The van der Waals surface area contributed by atoms with E-state index >= 15 is 0 Å². The molecule has 2 aromatic carbocycles. The minimum Gasteiger partial charge on any atom is -0.478 e. The number of nitrogens with one attached hydrogen (secondary N) is 2. The highest BCUT2D eigenvalue weighted by Gasteiger charge is 2.32. The van der Waals surface area contributed by atoms with Crippen LogP contribution in [0.4, 0.5) is 4.79 Å². The summed E-state index contributed by atoms with van der Waals surface area (Å²) in [5.74, 6) is -2.27. The first kappa shape index (κ1) is 26.8. The van der Waals surface area contributed by atoms with Crippen LogP contribution in [0.1, 0.15) is 43.6 Å². The molecule has 0 spiro atoms. The SMILES string of the molecule is C[C@@H](OCc1ccccc1)[C@H](NC(=O)OC(C)(C)C)C(=O)NS(=O)(=O)c1ccc(C(=O)O)cc1. The standard InChI is InChI=1S/C23H28N2O8S/c1-15(32-14-16-8-6-5-7-9-16)19(24-22(29)33-23(2,3)4)20(26)25-34(30,31)18-12-10-17(11-13-18)21(27)28/h5-13,15,19H,14H2,1-4H3,(H,24,29)(H,25,26)(H,27,28)/t15-,19+/m1/s1. The summed E-state index contributed by atoms with van der Waals surface area (Å²) in [5.41, 5.74) is -0.147. The highest BCUT2D eigenvalue weighted by Crippen LogP contribution is 2.13. The number of carboxylic acids is 1. The van der Waals surface area contributed by atoms with E-state index < -0.39 is 45.7 Å². The number of carbonyl (C=O) groups is 3. The molecule has 11 heteroatoms. The summed E-state index contributed by atoms with van der Waals surface area (Å²) >= 11 is 0. The number of hydrogen-bond donors (Lipinski definition) is 3. The molecule has 0 fully saturated rings. The molecule has 2 atom stereocenters. The maximum absolute atomic E-state index is 12.9. The monoisotopic (exact) mass is 492 g/mol. The molecule has 0 aliphatic carbocycles. The zero-order valence-electron chi connectivity index (χ0n) is 19.3. The summed E-state index contributed by atoms with van der Waals surface area (Å²) < 4.78 is 38.2. The molecule has 0 aromatic heterocycles. The number of rotatable bonds is 9. The number of sulfonamides is 1. The van der Waals surface area contributed by atoms with Crippen molar-refractivity contribution in [3.63, 3.8) is 0 Å². The van der Waals surface area contributed by atoms with Crippen molar-refractivity contribution >= 4 is 28.0 Å². The van der Waals surface area contributed by atoms with Gasteiger partial charge < -0.3 is 19.9 Å². The number of hydrogen-bond acceptors (Lipinski definition) is 7. The summed E-state index contributed by atoms with van der Waals surface area (Å²) in [7, 11) is -4.36. The quantitative estimate of drug-likeness (QED) is 0.484. The molecular weight excluding hydrogens is 464 g/mol. The molecule has 0 saturated carbocycles. The van der Waals surface area contributed by atoms with Crippen LogP contribution in [0.2, 0.25) is 0 Å². The topological polar surface area (TPSA) is 148 Å². The molecule has 184 valence electrons. The molecular formula is C23H28N2O8S. The molecule has 3 N–H and O–H groups in total. The van der Waals surface area contributed by atoms with Gasteiger partial charge in [0.1, 0.15) is 11.6 Å². The van der Waals surface area contributed by atoms with E-state index in [0.717, 1.165) is 29.8 Å². The number of ether oxygens (including phenoxy) is 2. The predicted octanol–water partition coefficient (Wildman–Crippen LogP) is 2.69. The Kier molecular flexibility index (Phi) is 8.77. The van der Waals surface area contributed by atoms with Crippen LogP contribution in [0.25, 0.3) is 0 Å². The largest absolute Gasteiger partial charge is 0.478 e. The van der Waals surface area contributed by atoms with E-state index in [1.165, 1.54) is 6.92 Å². The number of aromatic carboxylic acids is 1. The molecule has 0 saturated heterocycles. The molecule has 0 heterocycles. The summed E-state index contributed by atoms with van der Waals surface area (Å²) in [4.78, 5) is 35.9. The fourth-order valence-corrected chi connectivity index (χ4v) is 3.76. The first-order valence-corrected chi connectivity index (χ1v) is 11.8. The summed E-state index contributed by atoms with van der Waals surface area (Å²) in [6, 6.07) is 12.0. The van der Waals surface area contributed by atoms with Gasteiger partial charge in [-0.25, -0.2) is 22.7 Å². The van der Waals surface area contributed by atoms with E-state index in [0.29, 0.717) is 0 Å². The molecule has 0 unspecified atom stereocenters. The van der Waals surface area contributed by atoms with Gasteiger partial charge >= 0.3 is 12.1 Å². The van der Waals surface area contributed by atoms with Gasteiger partial charge in [-0.2, -0.15) is 0 Å². The molecule has 0 radical (unpaired) electrons. The second kappa shape index (κ2) is 11.1. The summed E-state index contributed by atoms with van der Waals surface area (Å²) in [6.45, 7) is 6.55. The van der Waals surface area contributed by atoms with Gasteiger partial charge in [-0.15, -0.1) is 0 Å². The van der Waals surface area contributed by atoms with Gasteiger partial charge in [0.25, 0.3) is 15.9 Å². The normalized spacial score (nSPS) is 13.4. The van der Waals surface area contributed by atoms with Gasteiger partial charge in [-0.05, 0) is 57.5 Å². The number of amides is 2. The van der Waals surface area contributed by atoms with Crippen LogP contribution < -0.4 is 10.0 Å². The Morgan fingerprint density at radius 3 is 2.12 bits per heavy atom. The van der Waals surface area contributed by atoms with Gasteiger partial charge in [-0.1, -0.05) is 30.3 Å². The second-order valence-corrected chi connectivity index (χ2v) is 10.1. The van der Waals surface area contributed by atoms with Crippen molar-refractivity contribution in [3.05, 3.63) is 65.7 Å². The number of alkyl carbamates (subject to hydrolysis) is 1. The fourth-order valence-electron chi connectivity index (χ4n) is 2.76. The van der Waals surface area contributed by atoms with E-state index in [1.807, 2.05) is 35.1 Å². The van der Waals surface area contributed by atoms with Crippen LogP contribution >= 0.6 is 0 Å². The van der Waals surface area contributed by atoms with Gasteiger partial charge in [0.05, 0.1) is 23.2 Å². The van der Waals surface area contributed by atoms with Crippen molar-refractivity contribution in [1.82, 2.24) is 10.0 Å². The molecule has 0 aliphatic heterocycles. The van der Waals surface area contributed by atoms with E-state index in [4.69, 9.17) is 14.6 Å². The van der Waals surface area contributed by atoms with Crippen LogP contribution in [-0.2, 0) is 30.9 Å². The van der Waals surface area contributed by atoms with E-state index in [1.54, 1.807) is 20.8 Å². The van der Waals surface area contributed by atoms with Crippen LogP contribution in [0.5, 0.6) is 0 Å². The minimum atomic E-state index is -4.36. The lowest BCUT2D eigenvalue weighted by Gasteiger charge is -2.26. The Bertz CT molecular complexity index is 1110. The molecule has 2 aromatic rings. The van der Waals surface area contributed by atoms with Crippen molar-refractivity contribution in [2.24, 2.45) is 0 Å². The third-order valence-corrected chi connectivity index (χ3v) is 5.79. The third kappa shape index (κ3) is 8.16. The number of carbonyl (C=O) groups excluding carboxylic acids is 2. The predicted molar refractivity (Wildman–Crippen MR) is 123 cm³/mol. The maximum Gasteiger partial charge on any atom is 0.408 e. The van der Waals surface area contributed by atoms with Gasteiger partial charge in [0.2, 0.25) is 0 Å². The second-order valence-electron chi connectivity index (χ2n) is 8.42. The van der Waals surface area contributed by atoms with Gasteiger partial charge in [0.15, 0.2) is 0 Å². The van der Waals surface area contributed by atoms with E-state index in [2.05, 4.69) is 5.32 Å². The number of carboxylic acid groups (broad SMARTS) is 1. The molecule has 2 rings (SSSR count). The van der Waals surface area contributed by atoms with Crippen molar-refractivity contribution in [2.45, 2.75) is 56.9 Å². The average molecular weight is 493 g/mol. The summed E-state index contributed by atoms with van der Waals surface area (Å²) in [5, 5.41) is 11.3. The number of benzene rings is 2. The molecule has 10 nitrogen and oxygen atoms in total. The average Bonchev–Trinajstić information content (AvgIpc) is 2.75. The van der Waals surface area contributed by atoms with Crippen LogP contribution in [0.15, 0.2) is 59.5 Å². The van der Waals surface area contributed by atoms with Crippen LogP contribution in [0.3, 0.4) is 0 Å². The lowest BCUT2D eigenvalue weighted by molar-refractivity contribution is -0.125. The highest BCUT2D eigenvalue weighted by molar-refractivity contribution is 7.90. The van der Waals surface area contributed by atoms with E-state index in [-0.39, 0.29) is 17.1 Å². The summed E-state index contributed by atoms with van der Waals surface area (Å²) in [6.07, 6.45) is -1.86. The zero-order valence-corrected chi connectivity index (χ0v) is 20.1. The fraction of sp³-hybridized carbons (Fsp3) is 0.348. The third-order valence-electron chi connectivity index (χ3n) is 4.43. The van der Waals surface area contributed by atoms with Crippen molar-refractivity contribution < 1.29 is 37.4 Å². The molecule has 2 amide bonds. The van der Waals surface area contributed by atoms with Gasteiger partial charge in [0, 0.05) is 0 Å². The van der Waals surface area contributed by atoms with Crippen LogP contribution in [-0.4, -0.2) is 49.2 Å². The Balaban J connectivity index is 2.20. The maximum atomic E-state index is 12.9. The zero-order chi connectivity index (χ0) is 25.5. The lowest BCUT2D eigenvalue weighted by Crippen LogP contribution is -2.55. The van der Waals surface area contributed by atoms with E-state index in [9.17, 15) is 22.8 Å². The Labute approximate surface area is 198 Å². The van der Waals surface area contributed by atoms with Crippen molar-refractivity contribution in [2.75, 3.05) is 0 Å². The Morgan fingerprint density at radius 1 is 1.00 bits per heavy atom. The smallest absolute Gasteiger partial charge is 0.408 e. The van der Waals surface area contributed by atoms with Crippen LogP contribution in [0, 0.1) is 0 Å². The Morgan fingerprint density at radius 2 is 1.59 bits per heavy atom. The molecule has 34 heavy (non-hydrogen) atoms. The molecule has 0 bridgehead atoms.